The first-order valence-electron chi connectivity index (χ1n) is 10.8. The van der Waals surface area contributed by atoms with Crippen molar-refractivity contribution in [1.29, 1.82) is 0 Å². The summed E-state index contributed by atoms with van der Waals surface area (Å²) >= 11 is 0. The van der Waals surface area contributed by atoms with Gasteiger partial charge in [0, 0.05) is 18.9 Å². The van der Waals surface area contributed by atoms with Gasteiger partial charge in [-0.25, -0.2) is 9.97 Å². The number of rotatable bonds is 7. The van der Waals surface area contributed by atoms with E-state index in [-0.39, 0.29) is 30.5 Å². The molecule has 0 saturated carbocycles. The van der Waals surface area contributed by atoms with Crippen molar-refractivity contribution in [1.82, 2.24) is 25.2 Å². The van der Waals surface area contributed by atoms with Gasteiger partial charge >= 0.3 is 0 Å². The normalized spacial score (nSPS) is 14.8. The van der Waals surface area contributed by atoms with Crippen LogP contribution in [-0.4, -0.2) is 33.0 Å². The number of amides is 2. The predicted molar refractivity (Wildman–Crippen MR) is 119 cm³/mol. The third kappa shape index (κ3) is 4.55. The Labute approximate surface area is 187 Å². The molecule has 2 atom stereocenters. The number of benzene rings is 1. The Hall–Kier alpha value is -3.52. The Kier molecular flexibility index (Phi) is 6.61. The fourth-order valence-corrected chi connectivity index (χ4v) is 3.92. The van der Waals surface area contributed by atoms with Crippen molar-refractivity contribution in [3.63, 3.8) is 0 Å². The van der Waals surface area contributed by atoms with Crippen LogP contribution in [0.3, 0.4) is 0 Å². The molecule has 0 aliphatic carbocycles. The zero-order valence-electron chi connectivity index (χ0n) is 18.2. The molecule has 0 saturated heterocycles. The first-order chi connectivity index (χ1) is 15.6. The Morgan fingerprint density at radius 3 is 2.56 bits per heavy atom. The second-order valence-corrected chi connectivity index (χ2v) is 7.74. The molecule has 1 aliphatic heterocycles. The van der Waals surface area contributed by atoms with Crippen LogP contribution in [0.25, 0.3) is 0 Å². The number of hydrogen-bond acceptors (Lipinski definition) is 5. The van der Waals surface area contributed by atoms with Gasteiger partial charge in [-0.2, -0.15) is 0 Å². The van der Waals surface area contributed by atoms with Crippen molar-refractivity contribution in [2.75, 3.05) is 6.61 Å². The van der Waals surface area contributed by atoms with Crippen molar-refractivity contribution in [2.45, 2.75) is 45.5 Å². The van der Waals surface area contributed by atoms with E-state index in [9.17, 15) is 9.59 Å². The monoisotopic (exact) mass is 433 g/mol. The van der Waals surface area contributed by atoms with Gasteiger partial charge in [0.1, 0.15) is 11.5 Å². The summed E-state index contributed by atoms with van der Waals surface area (Å²) in [5.74, 6) is 0.0347. The van der Waals surface area contributed by atoms with Crippen molar-refractivity contribution in [2.24, 2.45) is 0 Å². The summed E-state index contributed by atoms with van der Waals surface area (Å²) in [6.07, 6.45) is 4.03. The highest BCUT2D eigenvalue weighted by Crippen LogP contribution is 2.23. The maximum absolute atomic E-state index is 13.2. The van der Waals surface area contributed by atoms with Crippen LogP contribution in [0.2, 0.25) is 0 Å². The van der Waals surface area contributed by atoms with Crippen molar-refractivity contribution in [3.8, 4) is 0 Å². The average Bonchev–Trinajstić information content (AvgIpc) is 3.23. The van der Waals surface area contributed by atoms with E-state index >= 15 is 0 Å². The van der Waals surface area contributed by atoms with Gasteiger partial charge in [-0.15, -0.1) is 0 Å². The number of carbonyl (C=O) groups is 2. The lowest BCUT2D eigenvalue weighted by molar-refractivity contribution is 0.0773. The zero-order chi connectivity index (χ0) is 22.5. The van der Waals surface area contributed by atoms with E-state index in [0.717, 1.165) is 12.0 Å². The minimum Gasteiger partial charge on any atom is -0.373 e. The minimum absolute atomic E-state index is 0.109. The molecule has 166 valence electrons. The number of nitrogens with one attached hydrogen (secondary N) is 2. The molecule has 8 nitrogen and oxygen atoms in total. The van der Waals surface area contributed by atoms with Gasteiger partial charge in [-0.1, -0.05) is 37.3 Å². The maximum Gasteiger partial charge on any atom is 0.268 e. The molecular weight excluding hydrogens is 406 g/mol. The fraction of sp³-hybridized carbons (Fsp3) is 0.333. The number of hydrogen-bond donors (Lipinski definition) is 2. The number of fused-ring (bicyclic) bond motifs is 1. The summed E-state index contributed by atoms with van der Waals surface area (Å²) in [5.41, 5.74) is 2.65. The number of nitrogens with zero attached hydrogens (tertiary/aromatic N) is 3. The summed E-state index contributed by atoms with van der Waals surface area (Å²) < 4.78 is 7.47. The van der Waals surface area contributed by atoms with E-state index in [0.29, 0.717) is 35.9 Å². The third-order valence-corrected chi connectivity index (χ3v) is 5.62. The Balaban J connectivity index is 1.57. The summed E-state index contributed by atoms with van der Waals surface area (Å²) in [4.78, 5) is 34.7. The molecule has 8 heteroatoms. The number of carbonyl (C=O) groups excluding carboxylic acids is 2. The van der Waals surface area contributed by atoms with E-state index in [2.05, 4.69) is 20.6 Å². The van der Waals surface area contributed by atoms with Crippen LogP contribution < -0.4 is 10.6 Å². The highest BCUT2D eigenvalue weighted by Gasteiger charge is 2.28. The summed E-state index contributed by atoms with van der Waals surface area (Å²) in [5, 5.41) is 6.04. The van der Waals surface area contributed by atoms with Crippen LogP contribution >= 0.6 is 0 Å². The van der Waals surface area contributed by atoms with Crippen molar-refractivity contribution in [3.05, 3.63) is 83.2 Å². The van der Waals surface area contributed by atoms with Crippen LogP contribution in [0, 0.1) is 0 Å². The molecule has 2 amide bonds. The smallest absolute Gasteiger partial charge is 0.268 e. The topological polar surface area (TPSA) is 98.1 Å². The highest BCUT2D eigenvalue weighted by atomic mass is 16.5. The van der Waals surface area contributed by atoms with E-state index in [4.69, 9.17) is 4.74 Å². The van der Waals surface area contributed by atoms with E-state index in [1.807, 2.05) is 48.7 Å². The lowest BCUT2D eigenvalue weighted by Crippen LogP contribution is -2.31. The number of ether oxygens (including phenoxy) is 1. The molecular formula is C24H27N5O3. The second kappa shape index (κ2) is 9.74. The average molecular weight is 434 g/mol. The largest absolute Gasteiger partial charge is 0.373 e. The molecule has 0 radical (unpaired) electrons. The Morgan fingerprint density at radius 2 is 1.84 bits per heavy atom. The molecule has 0 spiro atoms. The SMILES string of the molecule is CC[C@H](NC(=O)c1cc(C(=O)N[C@H](C)c2ncccn2)c2n1CCOC2)c1ccccc1. The molecule has 3 heterocycles. The predicted octanol–water partition coefficient (Wildman–Crippen LogP) is 3.18. The summed E-state index contributed by atoms with van der Waals surface area (Å²) in [7, 11) is 0. The number of aromatic nitrogens is 3. The molecule has 2 aromatic heterocycles. The van der Waals surface area contributed by atoms with Crippen LogP contribution in [0.4, 0.5) is 0 Å². The van der Waals surface area contributed by atoms with Gasteiger partial charge < -0.3 is 19.9 Å². The Morgan fingerprint density at radius 1 is 1.09 bits per heavy atom. The third-order valence-electron chi connectivity index (χ3n) is 5.62. The first-order valence-corrected chi connectivity index (χ1v) is 10.8. The van der Waals surface area contributed by atoms with Crippen LogP contribution in [0.5, 0.6) is 0 Å². The zero-order valence-corrected chi connectivity index (χ0v) is 18.2. The highest BCUT2D eigenvalue weighted by molar-refractivity contribution is 6.01. The van der Waals surface area contributed by atoms with Crippen molar-refractivity contribution >= 4 is 11.8 Å². The van der Waals surface area contributed by atoms with Crippen LogP contribution in [0.1, 0.15) is 70.3 Å². The fourth-order valence-electron chi connectivity index (χ4n) is 3.92. The summed E-state index contributed by atoms with van der Waals surface area (Å²) in [6, 6.07) is 12.8. The van der Waals surface area contributed by atoms with E-state index in [1.165, 1.54) is 0 Å². The van der Waals surface area contributed by atoms with Crippen molar-refractivity contribution < 1.29 is 14.3 Å². The quantitative estimate of drug-likeness (QED) is 0.596. The molecule has 1 aliphatic rings. The van der Waals surface area contributed by atoms with E-state index < -0.39 is 0 Å². The van der Waals surface area contributed by atoms with Gasteiger partial charge in [0.05, 0.1) is 36.6 Å². The van der Waals surface area contributed by atoms with Gasteiger partial charge in [0.25, 0.3) is 11.8 Å². The van der Waals surface area contributed by atoms with Gasteiger partial charge in [-0.05, 0) is 31.0 Å². The summed E-state index contributed by atoms with van der Waals surface area (Å²) in [6.45, 7) is 5.15. The van der Waals surface area contributed by atoms with E-state index in [1.54, 1.807) is 24.5 Å². The molecule has 3 aromatic rings. The molecule has 2 N–H and O–H groups in total. The standard InChI is InChI=1S/C24H27N5O3/c1-3-19(17-8-5-4-6-9-17)28-24(31)20-14-18(21-15-32-13-12-29(20)21)23(30)27-16(2)22-25-10-7-11-26-22/h4-11,14,16,19H,3,12-13,15H2,1-2H3,(H,27,30)(H,28,31)/t16-,19+/m1/s1. The minimum atomic E-state index is -0.372. The molecule has 1 aromatic carbocycles. The lowest BCUT2D eigenvalue weighted by Gasteiger charge is -2.21. The van der Waals surface area contributed by atoms with Gasteiger partial charge in [0.2, 0.25) is 0 Å². The molecule has 0 unspecified atom stereocenters. The molecule has 4 rings (SSSR count). The molecule has 0 bridgehead atoms. The second-order valence-electron chi connectivity index (χ2n) is 7.74. The maximum atomic E-state index is 13.2. The molecule has 32 heavy (non-hydrogen) atoms. The van der Waals surface area contributed by atoms with Crippen LogP contribution in [-0.2, 0) is 17.9 Å². The molecule has 0 fully saturated rings. The van der Waals surface area contributed by atoms with Gasteiger partial charge in [-0.3, -0.25) is 9.59 Å². The van der Waals surface area contributed by atoms with Crippen LogP contribution in [0.15, 0.2) is 54.9 Å². The van der Waals surface area contributed by atoms with Gasteiger partial charge in [0.15, 0.2) is 0 Å². The Bertz CT molecular complexity index is 1080. The first kappa shape index (κ1) is 21.7. The lowest BCUT2D eigenvalue weighted by atomic mass is 10.0.